The monoisotopic (exact) mass is 309 g/mol. The van der Waals surface area contributed by atoms with Crippen molar-refractivity contribution < 1.29 is 0 Å². The summed E-state index contributed by atoms with van der Waals surface area (Å²) in [6, 6.07) is 17.2. The first-order valence-corrected chi connectivity index (χ1v) is 8.79. The third-order valence-corrected chi connectivity index (χ3v) is 5.78. The maximum absolute atomic E-state index is 3.59. The van der Waals surface area contributed by atoms with Crippen LogP contribution >= 0.6 is 22.7 Å². The highest BCUT2D eigenvalue weighted by Gasteiger charge is 2.05. The molecular formula is C18H15NS2. The lowest BCUT2D eigenvalue weighted by Crippen LogP contribution is -2.11. The molecule has 2 aromatic carbocycles. The molecule has 0 amide bonds. The molecule has 1 nitrogen and oxygen atoms in total. The van der Waals surface area contributed by atoms with Gasteiger partial charge in [0.05, 0.1) is 0 Å². The molecule has 0 fully saturated rings. The minimum Gasteiger partial charge on any atom is -0.309 e. The lowest BCUT2D eigenvalue weighted by Gasteiger charge is -2.03. The molecule has 4 rings (SSSR count). The van der Waals surface area contributed by atoms with E-state index in [2.05, 4.69) is 64.6 Å². The maximum Gasteiger partial charge on any atom is 0.0346 e. The smallest absolute Gasteiger partial charge is 0.0346 e. The normalized spacial score (nSPS) is 11.4. The molecule has 104 valence electrons. The molecule has 0 aliphatic heterocycles. The first-order chi connectivity index (χ1) is 10.4. The number of nitrogens with one attached hydrogen (secondary N) is 1. The van der Waals surface area contributed by atoms with Gasteiger partial charge >= 0.3 is 0 Å². The molecule has 0 radical (unpaired) electrons. The average Bonchev–Trinajstić information content (AvgIpc) is 3.13. The van der Waals surface area contributed by atoms with Crippen LogP contribution in [0.15, 0.2) is 59.3 Å². The van der Waals surface area contributed by atoms with Crippen molar-refractivity contribution in [1.82, 2.24) is 5.32 Å². The zero-order valence-electron chi connectivity index (χ0n) is 11.5. The van der Waals surface area contributed by atoms with E-state index in [0.29, 0.717) is 0 Å². The minimum absolute atomic E-state index is 0.925. The summed E-state index contributed by atoms with van der Waals surface area (Å²) in [4.78, 5) is 0. The summed E-state index contributed by atoms with van der Waals surface area (Å²) in [6.45, 7) is 1.85. The fraction of sp³-hybridized carbons (Fsp3) is 0.111. The molecule has 2 heterocycles. The van der Waals surface area contributed by atoms with Crippen LogP contribution in [0.5, 0.6) is 0 Å². The van der Waals surface area contributed by atoms with Crippen molar-refractivity contribution in [2.24, 2.45) is 0 Å². The lowest BCUT2D eigenvalue weighted by molar-refractivity contribution is 0.702. The molecule has 0 aliphatic carbocycles. The van der Waals surface area contributed by atoms with E-state index < -0.39 is 0 Å². The summed E-state index contributed by atoms with van der Waals surface area (Å²) in [7, 11) is 0. The molecule has 0 saturated heterocycles. The molecule has 21 heavy (non-hydrogen) atoms. The van der Waals surface area contributed by atoms with Crippen LogP contribution in [-0.2, 0) is 13.1 Å². The molecular weight excluding hydrogens is 294 g/mol. The highest BCUT2D eigenvalue weighted by molar-refractivity contribution is 7.17. The topological polar surface area (TPSA) is 12.0 Å². The van der Waals surface area contributed by atoms with Gasteiger partial charge in [0.15, 0.2) is 0 Å². The number of rotatable bonds is 4. The van der Waals surface area contributed by atoms with E-state index in [4.69, 9.17) is 0 Å². The van der Waals surface area contributed by atoms with Gasteiger partial charge in [-0.3, -0.25) is 0 Å². The van der Waals surface area contributed by atoms with Crippen LogP contribution in [0.1, 0.15) is 11.1 Å². The minimum atomic E-state index is 0.925. The van der Waals surface area contributed by atoms with Gasteiger partial charge < -0.3 is 5.32 Å². The van der Waals surface area contributed by atoms with Gasteiger partial charge in [-0.25, -0.2) is 0 Å². The standard InChI is InChI=1S/C18H15NS2/c1-3-7-17-15(5-1)13(11-20-17)9-19-10-14-12-21-18-8-4-2-6-16(14)18/h1-8,11-12,19H,9-10H2. The van der Waals surface area contributed by atoms with Gasteiger partial charge in [0.1, 0.15) is 0 Å². The summed E-state index contributed by atoms with van der Waals surface area (Å²) in [5, 5.41) is 10.9. The van der Waals surface area contributed by atoms with Gasteiger partial charge in [-0.2, -0.15) is 0 Å². The fourth-order valence-electron chi connectivity index (χ4n) is 2.67. The zero-order chi connectivity index (χ0) is 14.1. The number of fused-ring (bicyclic) bond motifs is 2. The Hall–Kier alpha value is -1.68. The van der Waals surface area contributed by atoms with E-state index in [-0.39, 0.29) is 0 Å². The van der Waals surface area contributed by atoms with Crippen molar-refractivity contribution in [2.45, 2.75) is 13.1 Å². The van der Waals surface area contributed by atoms with Crippen LogP contribution in [0.25, 0.3) is 20.2 Å². The molecule has 2 aromatic heterocycles. The van der Waals surface area contributed by atoms with Gasteiger partial charge in [-0.05, 0) is 44.8 Å². The molecule has 4 aromatic rings. The Morgan fingerprint density at radius 3 is 1.67 bits per heavy atom. The third kappa shape index (κ3) is 2.48. The first kappa shape index (κ1) is 13.0. The molecule has 0 bridgehead atoms. The van der Waals surface area contributed by atoms with Crippen molar-refractivity contribution in [3.8, 4) is 0 Å². The second-order valence-electron chi connectivity index (χ2n) is 5.12. The second-order valence-corrected chi connectivity index (χ2v) is 6.94. The zero-order valence-corrected chi connectivity index (χ0v) is 13.1. The summed E-state index contributed by atoms with van der Waals surface area (Å²) in [5.74, 6) is 0. The van der Waals surface area contributed by atoms with Crippen LogP contribution in [0.4, 0.5) is 0 Å². The Bertz CT molecular complexity index is 814. The second kappa shape index (κ2) is 5.60. The molecule has 0 saturated carbocycles. The predicted molar refractivity (Wildman–Crippen MR) is 94.2 cm³/mol. The average molecular weight is 309 g/mol. The summed E-state index contributed by atoms with van der Waals surface area (Å²) >= 11 is 3.65. The molecule has 0 spiro atoms. The Balaban J connectivity index is 1.50. The first-order valence-electron chi connectivity index (χ1n) is 7.03. The van der Waals surface area contributed by atoms with E-state index in [1.807, 2.05) is 22.7 Å². The quantitative estimate of drug-likeness (QED) is 0.532. The van der Waals surface area contributed by atoms with E-state index >= 15 is 0 Å². The van der Waals surface area contributed by atoms with Gasteiger partial charge in [0.25, 0.3) is 0 Å². The van der Waals surface area contributed by atoms with E-state index in [9.17, 15) is 0 Å². The van der Waals surface area contributed by atoms with Crippen molar-refractivity contribution in [2.75, 3.05) is 0 Å². The number of benzene rings is 2. The van der Waals surface area contributed by atoms with Gasteiger partial charge in [-0.1, -0.05) is 36.4 Å². The number of thiophene rings is 2. The summed E-state index contributed by atoms with van der Waals surface area (Å²) in [6.07, 6.45) is 0. The van der Waals surface area contributed by atoms with Crippen LogP contribution in [0.2, 0.25) is 0 Å². The fourth-order valence-corrected chi connectivity index (χ4v) is 4.60. The summed E-state index contributed by atoms with van der Waals surface area (Å²) < 4.78 is 2.74. The number of hydrogen-bond donors (Lipinski definition) is 1. The van der Waals surface area contributed by atoms with Crippen LogP contribution in [-0.4, -0.2) is 0 Å². The molecule has 0 aliphatic rings. The molecule has 3 heteroatoms. The molecule has 1 N–H and O–H groups in total. The van der Waals surface area contributed by atoms with Crippen LogP contribution in [0, 0.1) is 0 Å². The SMILES string of the molecule is c1ccc2c(CNCc3csc4ccccc34)csc2c1. The third-order valence-electron chi connectivity index (χ3n) is 3.75. The Morgan fingerprint density at radius 2 is 1.14 bits per heavy atom. The van der Waals surface area contributed by atoms with E-state index in [1.165, 1.54) is 31.3 Å². The highest BCUT2D eigenvalue weighted by Crippen LogP contribution is 2.27. The summed E-state index contributed by atoms with van der Waals surface area (Å²) in [5.41, 5.74) is 2.80. The lowest BCUT2D eigenvalue weighted by atomic mass is 10.1. The van der Waals surface area contributed by atoms with Crippen molar-refractivity contribution in [3.63, 3.8) is 0 Å². The van der Waals surface area contributed by atoms with E-state index in [1.54, 1.807) is 0 Å². The van der Waals surface area contributed by atoms with Gasteiger partial charge in [0.2, 0.25) is 0 Å². The Labute approximate surface area is 131 Å². The largest absolute Gasteiger partial charge is 0.309 e. The van der Waals surface area contributed by atoms with Gasteiger partial charge in [0, 0.05) is 22.5 Å². The maximum atomic E-state index is 3.59. The van der Waals surface area contributed by atoms with Gasteiger partial charge in [-0.15, -0.1) is 22.7 Å². The molecule has 0 unspecified atom stereocenters. The Morgan fingerprint density at radius 1 is 0.667 bits per heavy atom. The molecule has 0 atom stereocenters. The Kier molecular flexibility index (Phi) is 3.47. The van der Waals surface area contributed by atoms with Crippen molar-refractivity contribution in [3.05, 3.63) is 70.4 Å². The van der Waals surface area contributed by atoms with Crippen molar-refractivity contribution in [1.29, 1.82) is 0 Å². The van der Waals surface area contributed by atoms with Crippen LogP contribution < -0.4 is 5.32 Å². The highest BCUT2D eigenvalue weighted by atomic mass is 32.1. The predicted octanol–water partition coefficient (Wildman–Crippen LogP) is 5.41. The van der Waals surface area contributed by atoms with Crippen LogP contribution in [0.3, 0.4) is 0 Å². The van der Waals surface area contributed by atoms with E-state index in [0.717, 1.165) is 13.1 Å². The van der Waals surface area contributed by atoms with Crippen molar-refractivity contribution >= 4 is 42.8 Å². The number of hydrogen-bond acceptors (Lipinski definition) is 3.